The molecule has 0 bridgehead atoms. The smallest absolute Gasteiger partial charge is 0.343 e. The van der Waals surface area contributed by atoms with Gasteiger partial charge in [-0.15, -0.1) is 0 Å². The molecule has 3 aromatic rings. The molecule has 0 aliphatic heterocycles. The van der Waals surface area contributed by atoms with Gasteiger partial charge in [-0.3, -0.25) is 0 Å². The van der Waals surface area contributed by atoms with Gasteiger partial charge in [0.15, 0.2) is 0 Å². The van der Waals surface area contributed by atoms with Crippen molar-refractivity contribution in [3.8, 4) is 22.6 Å². The Morgan fingerprint density at radius 2 is 1.17 bits per heavy atom. The molecule has 0 aromatic heterocycles. The monoisotopic (exact) mass is 570 g/mol. The summed E-state index contributed by atoms with van der Waals surface area (Å²) in [5.41, 5.74) is 4.20. The minimum absolute atomic E-state index is 0.165. The molecule has 3 heteroatoms. The first-order valence-electron chi connectivity index (χ1n) is 16.7. The highest BCUT2D eigenvalue weighted by molar-refractivity contribution is 5.91. The molecule has 0 radical (unpaired) electrons. The number of hydrogen-bond donors (Lipinski definition) is 0. The van der Waals surface area contributed by atoms with Crippen molar-refractivity contribution in [3.05, 3.63) is 83.9 Å². The van der Waals surface area contributed by atoms with Crippen LogP contribution in [0.2, 0.25) is 0 Å². The molecule has 0 saturated heterocycles. The average molecular weight is 571 g/mol. The Labute approximate surface area is 256 Å². The van der Waals surface area contributed by atoms with Gasteiger partial charge in [0.25, 0.3) is 0 Å². The molecule has 0 heterocycles. The van der Waals surface area contributed by atoms with Crippen LogP contribution in [0.25, 0.3) is 11.1 Å². The zero-order chi connectivity index (χ0) is 30.0. The van der Waals surface area contributed by atoms with Crippen molar-refractivity contribution >= 4 is 5.97 Å². The van der Waals surface area contributed by atoms with E-state index in [-0.39, 0.29) is 12.1 Å². The predicted molar refractivity (Wildman–Crippen MR) is 178 cm³/mol. The molecular formula is C39H54O3. The Morgan fingerprint density at radius 1 is 0.619 bits per heavy atom. The average Bonchev–Trinajstić information content (AvgIpc) is 3.01. The quantitative estimate of drug-likeness (QED) is 0.0770. The summed E-state index contributed by atoms with van der Waals surface area (Å²) in [6.45, 7) is 8.98. The van der Waals surface area contributed by atoms with Gasteiger partial charge in [0.05, 0.1) is 11.7 Å². The Bertz CT molecular complexity index is 1130. The predicted octanol–water partition coefficient (Wildman–Crippen LogP) is 11.6. The van der Waals surface area contributed by atoms with Crippen LogP contribution >= 0.6 is 0 Å². The number of carbonyl (C=O) groups excluding carboxylic acids is 1. The molecule has 1 unspecified atom stereocenters. The van der Waals surface area contributed by atoms with Crippen molar-refractivity contribution < 1.29 is 14.3 Å². The van der Waals surface area contributed by atoms with Gasteiger partial charge in [-0.1, -0.05) is 121 Å². The van der Waals surface area contributed by atoms with Crippen molar-refractivity contribution in [1.29, 1.82) is 0 Å². The first-order valence-corrected chi connectivity index (χ1v) is 16.7. The van der Waals surface area contributed by atoms with Crippen LogP contribution in [0.15, 0.2) is 72.8 Å². The summed E-state index contributed by atoms with van der Waals surface area (Å²) >= 11 is 0. The van der Waals surface area contributed by atoms with E-state index in [2.05, 4.69) is 52.0 Å². The Morgan fingerprint density at radius 3 is 1.81 bits per heavy atom. The number of esters is 1. The minimum atomic E-state index is -0.364. The van der Waals surface area contributed by atoms with Crippen LogP contribution in [-0.4, -0.2) is 12.1 Å². The highest BCUT2D eigenvalue weighted by Gasteiger charge is 2.11. The lowest BCUT2D eigenvalue weighted by Gasteiger charge is -2.14. The molecule has 0 spiro atoms. The summed E-state index contributed by atoms with van der Waals surface area (Å²) in [7, 11) is 0. The number of rotatable bonds is 20. The molecule has 0 saturated carbocycles. The molecule has 0 aliphatic rings. The summed E-state index contributed by atoms with van der Waals surface area (Å²) < 4.78 is 11.6. The zero-order valence-corrected chi connectivity index (χ0v) is 26.7. The fraction of sp³-hybridized carbons (Fsp3) is 0.513. The number of benzene rings is 3. The summed E-state index contributed by atoms with van der Waals surface area (Å²) in [5.74, 6) is 1.85. The molecule has 3 nitrogen and oxygen atoms in total. The van der Waals surface area contributed by atoms with E-state index < -0.39 is 0 Å². The van der Waals surface area contributed by atoms with Crippen molar-refractivity contribution in [1.82, 2.24) is 0 Å². The number of hydrogen-bond acceptors (Lipinski definition) is 3. The number of aryl methyl sites for hydroxylation is 1. The number of unbranched alkanes of at least 4 members (excludes halogenated alkanes) is 8. The second-order valence-corrected chi connectivity index (χ2v) is 12.1. The van der Waals surface area contributed by atoms with Gasteiger partial charge in [-0.25, -0.2) is 4.79 Å². The third-order valence-corrected chi connectivity index (χ3v) is 8.35. The van der Waals surface area contributed by atoms with Crippen molar-refractivity contribution in [2.75, 3.05) is 0 Å². The van der Waals surface area contributed by atoms with Crippen molar-refractivity contribution in [2.24, 2.45) is 5.92 Å². The highest BCUT2D eigenvalue weighted by Crippen LogP contribution is 2.25. The van der Waals surface area contributed by atoms with Crippen LogP contribution in [0, 0.1) is 5.92 Å². The van der Waals surface area contributed by atoms with E-state index >= 15 is 0 Å². The molecule has 0 aliphatic carbocycles. The normalized spacial score (nSPS) is 12.6. The lowest BCUT2D eigenvalue weighted by Crippen LogP contribution is -2.12. The zero-order valence-electron chi connectivity index (χ0n) is 26.7. The van der Waals surface area contributed by atoms with Crippen LogP contribution in [0.4, 0.5) is 0 Å². The molecule has 228 valence electrons. The largest absolute Gasteiger partial charge is 0.491 e. The fourth-order valence-electron chi connectivity index (χ4n) is 5.30. The van der Waals surface area contributed by atoms with E-state index in [9.17, 15) is 4.79 Å². The first kappa shape index (κ1) is 33.4. The molecular weight excluding hydrogens is 516 g/mol. The maximum atomic E-state index is 12.7. The third-order valence-electron chi connectivity index (χ3n) is 8.35. The van der Waals surface area contributed by atoms with Crippen LogP contribution in [0.3, 0.4) is 0 Å². The van der Waals surface area contributed by atoms with Crippen LogP contribution in [0.5, 0.6) is 11.5 Å². The Kier molecular flexibility index (Phi) is 15.3. The van der Waals surface area contributed by atoms with Gasteiger partial charge in [0.2, 0.25) is 0 Å². The number of ether oxygens (including phenoxy) is 2. The van der Waals surface area contributed by atoms with Gasteiger partial charge in [-0.05, 0) is 91.6 Å². The molecule has 42 heavy (non-hydrogen) atoms. The lowest BCUT2D eigenvalue weighted by atomic mass is 9.99. The van der Waals surface area contributed by atoms with E-state index in [1.54, 1.807) is 12.1 Å². The topological polar surface area (TPSA) is 35.5 Å². The maximum absolute atomic E-state index is 12.7. The molecule has 3 aromatic carbocycles. The van der Waals surface area contributed by atoms with Gasteiger partial charge in [-0.2, -0.15) is 0 Å². The van der Waals surface area contributed by atoms with Crippen molar-refractivity contribution in [3.63, 3.8) is 0 Å². The van der Waals surface area contributed by atoms with Crippen LogP contribution in [0.1, 0.15) is 127 Å². The van der Waals surface area contributed by atoms with Crippen molar-refractivity contribution in [2.45, 2.75) is 124 Å². The lowest BCUT2D eigenvalue weighted by molar-refractivity contribution is 0.0734. The van der Waals surface area contributed by atoms with Gasteiger partial charge in [0, 0.05) is 0 Å². The molecule has 0 N–H and O–H groups in total. The second-order valence-electron chi connectivity index (χ2n) is 12.1. The van der Waals surface area contributed by atoms with Gasteiger partial charge in [0.1, 0.15) is 11.5 Å². The third kappa shape index (κ3) is 12.4. The van der Waals surface area contributed by atoms with Gasteiger partial charge < -0.3 is 9.47 Å². The highest BCUT2D eigenvalue weighted by atomic mass is 16.5. The van der Waals surface area contributed by atoms with E-state index in [1.807, 2.05) is 36.4 Å². The van der Waals surface area contributed by atoms with Crippen LogP contribution in [-0.2, 0) is 6.42 Å². The molecule has 0 amide bonds. The molecule has 3 rings (SSSR count). The standard InChI is InChI=1S/C39H54O3/c1-5-7-8-14-17-32(4)41-37-29-25-36(26-30-37)39(40)42-38-27-23-35(24-28-38)34-21-19-33(20-22-34)18-15-12-10-9-11-13-16-31(3)6-2/h19-32H,5-18H2,1-4H3/t31?,32-/m1/s1. The fourth-order valence-corrected chi connectivity index (χ4v) is 5.30. The van der Waals surface area contributed by atoms with E-state index in [0.717, 1.165) is 30.1 Å². The van der Waals surface area contributed by atoms with Crippen LogP contribution < -0.4 is 9.47 Å². The molecule has 2 atom stereocenters. The SMILES string of the molecule is CCCCCC[C@@H](C)Oc1ccc(C(=O)Oc2ccc(-c3ccc(CCCCCCCCC(C)CC)cc3)cc2)cc1. The van der Waals surface area contributed by atoms with E-state index in [4.69, 9.17) is 9.47 Å². The summed E-state index contributed by atoms with van der Waals surface area (Å²) in [6, 6.07) is 23.9. The second kappa shape index (κ2) is 19.2. The maximum Gasteiger partial charge on any atom is 0.343 e. The van der Waals surface area contributed by atoms with E-state index in [0.29, 0.717) is 11.3 Å². The first-order chi connectivity index (χ1) is 20.5. The Hall–Kier alpha value is -3.07. The molecule has 0 fully saturated rings. The Balaban J connectivity index is 1.38. The van der Waals surface area contributed by atoms with E-state index in [1.165, 1.54) is 88.2 Å². The summed E-state index contributed by atoms with van der Waals surface area (Å²) in [6.07, 6.45) is 18.1. The van der Waals surface area contributed by atoms with Gasteiger partial charge >= 0.3 is 5.97 Å². The minimum Gasteiger partial charge on any atom is -0.491 e. The summed E-state index contributed by atoms with van der Waals surface area (Å²) in [4.78, 5) is 12.7. The number of carbonyl (C=O) groups is 1. The summed E-state index contributed by atoms with van der Waals surface area (Å²) in [5, 5.41) is 0.